The first-order chi connectivity index (χ1) is 15.9. The third-order valence-corrected chi connectivity index (χ3v) is 5.68. The van der Waals surface area contributed by atoms with Gasteiger partial charge in [-0.05, 0) is 29.8 Å². The molecule has 168 valence electrons. The number of hydrogen-bond acceptors (Lipinski definition) is 5. The van der Waals surface area contributed by atoms with Gasteiger partial charge in [-0.1, -0.05) is 30.3 Å². The van der Waals surface area contributed by atoms with E-state index >= 15 is 0 Å². The Labute approximate surface area is 187 Å². The van der Waals surface area contributed by atoms with Crippen molar-refractivity contribution in [1.29, 1.82) is 0 Å². The van der Waals surface area contributed by atoms with Gasteiger partial charge in [0, 0.05) is 43.3 Å². The molecule has 1 fully saturated rings. The molecule has 1 aromatic carbocycles. The van der Waals surface area contributed by atoms with E-state index in [1.807, 2.05) is 35.2 Å². The molecule has 9 heteroatoms. The Morgan fingerprint density at radius 3 is 2.36 bits per heavy atom. The molecule has 1 saturated heterocycles. The van der Waals surface area contributed by atoms with Crippen LogP contribution < -0.4 is 4.90 Å². The molecule has 0 bridgehead atoms. The maximum Gasteiger partial charge on any atom is 0.433 e. The minimum atomic E-state index is -4.55. The monoisotopic (exact) mass is 452 g/mol. The standard InChI is InChI=1S/C24H19F3N4O2/c25-24(26,27)20-9-8-17-21(29-20)18(16-5-2-1-3-6-16)15-28-22(17)30-10-12-31(13-11-30)23(32)19-7-4-14-33-19/h1-9,14-15H,10-13H2. The van der Waals surface area contributed by atoms with Gasteiger partial charge < -0.3 is 14.2 Å². The summed E-state index contributed by atoms with van der Waals surface area (Å²) in [6.07, 6.45) is -1.53. The van der Waals surface area contributed by atoms with Crippen molar-refractivity contribution in [2.45, 2.75) is 6.18 Å². The second-order valence-corrected chi connectivity index (χ2v) is 7.71. The normalized spacial score (nSPS) is 14.6. The van der Waals surface area contributed by atoms with Crippen molar-refractivity contribution in [1.82, 2.24) is 14.9 Å². The van der Waals surface area contributed by atoms with Crippen LogP contribution in [0.3, 0.4) is 0 Å². The van der Waals surface area contributed by atoms with Crippen molar-refractivity contribution in [2.75, 3.05) is 31.1 Å². The first-order valence-corrected chi connectivity index (χ1v) is 10.4. The Hall–Kier alpha value is -3.88. The van der Waals surface area contributed by atoms with Gasteiger partial charge in [0.15, 0.2) is 5.76 Å². The molecule has 4 aromatic rings. The van der Waals surface area contributed by atoms with E-state index in [1.54, 1.807) is 23.2 Å². The van der Waals surface area contributed by atoms with Crippen LogP contribution in [0.15, 0.2) is 71.5 Å². The third-order valence-electron chi connectivity index (χ3n) is 5.68. The van der Waals surface area contributed by atoms with Gasteiger partial charge in [0.1, 0.15) is 11.5 Å². The number of aromatic nitrogens is 2. The van der Waals surface area contributed by atoms with E-state index in [0.29, 0.717) is 42.9 Å². The van der Waals surface area contributed by atoms with Gasteiger partial charge >= 0.3 is 6.18 Å². The number of carbonyl (C=O) groups is 1. The Morgan fingerprint density at radius 1 is 0.939 bits per heavy atom. The largest absolute Gasteiger partial charge is 0.459 e. The molecule has 0 unspecified atom stereocenters. The molecule has 0 saturated carbocycles. The second-order valence-electron chi connectivity index (χ2n) is 7.71. The van der Waals surface area contributed by atoms with Gasteiger partial charge in [-0.2, -0.15) is 13.2 Å². The molecule has 0 radical (unpaired) electrons. The number of halogens is 3. The lowest BCUT2D eigenvalue weighted by Crippen LogP contribution is -2.49. The first kappa shape index (κ1) is 21.0. The fourth-order valence-corrected chi connectivity index (χ4v) is 4.02. The van der Waals surface area contributed by atoms with Gasteiger partial charge in [0.25, 0.3) is 5.91 Å². The fraction of sp³-hybridized carbons (Fsp3) is 0.208. The molecule has 0 aliphatic carbocycles. The number of carbonyl (C=O) groups excluding carboxylic acids is 1. The lowest BCUT2D eigenvalue weighted by Gasteiger charge is -2.35. The number of hydrogen-bond donors (Lipinski definition) is 0. The van der Waals surface area contributed by atoms with E-state index in [4.69, 9.17) is 4.42 Å². The highest BCUT2D eigenvalue weighted by Gasteiger charge is 2.33. The van der Waals surface area contributed by atoms with E-state index in [1.165, 1.54) is 12.3 Å². The van der Waals surface area contributed by atoms with Crippen molar-refractivity contribution in [3.63, 3.8) is 0 Å². The molecular weight excluding hydrogens is 433 g/mol. The average molecular weight is 452 g/mol. The summed E-state index contributed by atoms with van der Waals surface area (Å²) in [5.74, 6) is 0.646. The van der Waals surface area contributed by atoms with Crippen LogP contribution >= 0.6 is 0 Å². The molecule has 5 rings (SSSR count). The van der Waals surface area contributed by atoms with E-state index < -0.39 is 11.9 Å². The van der Waals surface area contributed by atoms with Crippen LogP contribution in [0.2, 0.25) is 0 Å². The van der Waals surface area contributed by atoms with Crippen molar-refractivity contribution in [2.24, 2.45) is 0 Å². The molecule has 4 heterocycles. The predicted octanol–water partition coefficient (Wildman–Crippen LogP) is 4.87. The van der Waals surface area contributed by atoms with E-state index in [2.05, 4.69) is 9.97 Å². The number of nitrogens with zero attached hydrogens (tertiary/aromatic N) is 4. The maximum atomic E-state index is 13.4. The number of piperazine rings is 1. The molecule has 1 amide bonds. The first-order valence-electron chi connectivity index (χ1n) is 10.4. The highest BCUT2D eigenvalue weighted by Crippen LogP contribution is 2.36. The Bertz CT molecular complexity index is 1280. The van der Waals surface area contributed by atoms with Crippen LogP contribution in [0.1, 0.15) is 16.2 Å². The zero-order chi connectivity index (χ0) is 23.0. The van der Waals surface area contributed by atoms with Crippen LogP contribution in [0.25, 0.3) is 22.0 Å². The van der Waals surface area contributed by atoms with Gasteiger partial charge in [0.2, 0.25) is 0 Å². The van der Waals surface area contributed by atoms with Crippen LogP contribution in [0.5, 0.6) is 0 Å². The third kappa shape index (κ3) is 4.02. The summed E-state index contributed by atoms with van der Waals surface area (Å²) < 4.78 is 45.4. The molecule has 3 aromatic heterocycles. The molecule has 0 spiro atoms. The highest BCUT2D eigenvalue weighted by atomic mass is 19.4. The van der Waals surface area contributed by atoms with Gasteiger partial charge in [-0.15, -0.1) is 0 Å². The Kier molecular flexibility index (Phi) is 5.24. The number of amides is 1. The number of alkyl halides is 3. The average Bonchev–Trinajstić information content (AvgIpc) is 3.38. The topological polar surface area (TPSA) is 62.5 Å². The van der Waals surface area contributed by atoms with Crippen LogP contribution in [0, 0.1) is 0 Å². The molecule has 1 aliphatic heterocycles. The second kappa shape index (κ2) is 8.23. The van der Waals surface area contributed by atoms with Crippen molar-refractivity contribution in [3.8, 4) is 11.1 Å². The van der Waals surface area contributed by atoms with E-state index in [9.17, 15) is 18.0 Å². The number of furan rings is 1. The zero-order valence-electron chi connectivity index (χ0n) is 17.4. The SMILES string of the molecule is O=C(c1ccco1)N1CCN(c2ncc(-c3ccccc3)c3nc(C(F)(F)F)ccc23)CC1. The number of anilines is 1. The zero-order valence-corrected chi connectivity index (χ0v) is 17.4. The summed E-state index contributed by atoms with van der Waals surface area (Å²) in [5.41, 5.74) is 0.572. The number of fused-ring (bicyclic) bond motifs is 1. The Balaban J connectivity index is 1.50. The highest BCUT2D eigenvalue weighted by molar-refractivity contribution is 5.99. The molecule has 0 atom stereocenters. The van der Waals surface area contributed by atoms with Crippen molar-refractivity contribution in [3.05, 3.63) is 78.5 Å². The molecular formula is C24H19F3N4O2. The molecule has 6 nitrogen and oxygen atoms in total. The van der Waals surface area contributed by atoms with Crippen molar-refractivity contribution < 1.29 is 22.4 Å². The van der Waals surface area contributed by atoms with E-state index in [-0.39, 0.29) is 17.2 Å². The lowest BCUT2D eigenvalue weighted by atomic mass is 10.0. The number of benzene rings is 1. The molecule has 1 aliphatic rings. The summed E-state index contributed by atoms with van der Waals surface area (Å²) in [5, 5.41) is 0.537. The van der Waals surface area contributed by atoms with Crippen LogP contribution in [-0.2, 0) is 6.18 Å². The smallest absolute Gasteiger partial charge is 0.433 e. The summed E-state index contributed by atoms with van der Waals surface area (Å²) in [6, 6.07) is 14.8. The minimum absolute atomic E-state index is 0.187. The summed E-state index contributed by atoms with van der Waals surface area (Å²) in [6.45, 7) is 1.86. The number of rotatable bonds is 3. The van der Waals surface area contributed by atoms with Gasteiger partial charge in [-0.25, -0.2) is 9.97 Å². The van der Waals surface area contributed by atoms with E-state index in [0.717, 1.165) is 11.6 Å². The Morgan fingerprint density at radius 2 is 1.70 bits per heavy atom. The lowest BCUT2D eigenvalue weighted by molar-refractivity contribution is -0.140. The number of pyridine rings is 2. The summed E-state index contributed by atoms with van der Waals surface area (Å²) in [7, 11) is 0. The summed E-state index contributed by atoms with van der Waals surface area (Å²) in [4.78, 5) is 24.8. The van der Waals surface area contributed by atoms with Gasteiger partial charge in [0.05, 0.1) is 11.8 Å². The fourth-order valence-electron chi connectivity index (χ4n) is 4.02. The summed E-state index contributed by atoms with van der Waals surface area (Å²) >= 11 is 0. The quantitative estimate of drug-likeness (QED) is 0.444. The van der Waals surface area contributed by atoms with Crippen molar-refractivity contribution >= 4 is 22.6 Å². The molecule has 33 heavy (non-hydrogen) atoms. The minimum Gasteiger partial charge on any atom is -0.459 e. The molecule has 0 N–H and O–H groups in total. The van der Waals surface area contributed by atoms with Crippen LogP contribution in [-0.4, -0.2) is 47.0 Å². The maximum absolute atomic E-state index is 13.4. The predicted molar refractivity (Wildman–Crippen MR) is 117 cm³/mol. The van der Waals surface area contributed by atoms with Gasteiger partial charge in [-0.3, -0.25) is 4.79 Å². The van der Waals surface area contributed by atoms with Crippen LogP contribution in [0.4, 0.5) is 19.0 Å².